The van der Waals surface area contributed by atoms with E-state index in [1.54, 1.807) is 12.1 Å². The Bertz CT molecular complexity index is 633. The van der Waals surface area contributed by atoms with Gasteiger partial charge in [0, 0.05) is 5.92 Å². The summed E-state index contributed by atoms with van der Waals surface area (Å²) >= 11 is 0. The number of carbonyl (C=O) groups is 1. The summed E-state index contributed by atoms with van der Waals surface area (Å²) in [5.41, 5.74) is 0.743. The van der Waals surface area contributed by atoms with E-state index in [0.717, 1.165) is 31.2 Å². The Morgan fingerprint density at radius 2 is 1.76 bits per heavy atom. The molecule has 1 fully saturated rings. The Morgan fingerprint density at radius 3 is 2.52 bits per heavy atom. The van der Waals surface area contributed by atoms with Crippen LogP contribution in [0.25, 0.3) is 0 Å². The van der Waals surface area contributed by atoms with Crippen LogP contribution < -0.4 is 5.32 Å². The molecule has 1 aliphatic heterocycles. The van der Waals surface area contributed by atoms with Crippen molar-refractivity contribution < 1.29 is 13.2 Å². The first-order valence-electron chi connectivity index (χ1n) is 7.70. The van der Waals surface area contributed by atoms with Gasteiger partial charge in [-0.2, -0.15) is 0 Å². The number of rotatable bonds is 2. The second-order valence-electron chi connectivity index (χ2n) is 6.04. The van der Waals surface area contributed by atoms with Crippen molar-refractivity contribution in [2.24, 2.45) is 5.92 Å². The molecule has 1 heterocycles. The van der Waals surface area contributed by atoms with E-state index < -0.39 is 9.84 Å². The number of carbonyl (C=O) groups excluding carboxylic acids is 1. The van der Waals surface area contributed by atoms with Crippen molar-refractivity contribution in [3.63, 3.8) is 0 Å². The first kappa shape index (κ1) is 14.6. The van der Waals surface area contributed by atoms with Gasteiger partial charge in [0.15, 0.2) is 9.84 Å². The second kappa shape index (κ2) is 5.79. The molecule has 1 aliphatic carbocycles. The molecule has 1 atom stereocenters. The molecule has 1 saturated carbocycles. The highest BCUT2D eigenvalue weighted by atomic mass is 32.2. The van der Waals surface area contributed by atoms with Gasteiger partial charge in [-0.05, 0) is 30.9 Å². The Morgan fingerprint density at radius 1 is 1.05 bits per heavy atom. The van der Waals surface area contributed by atoms with Crippen LogP contribution in [0.4, 0.5) is 0 Å². The maximum absolute atomic E-state index is 12.4. The molecule has 0 bridgehead atoms. The molecule has 0 spiro atoms. The van der Waals surface area contributed by atoms with Crippen LogP contribution in [0.3, 0.4) is 0 Å². The number of benzene rings is 1. The lowest BCUT2D eigenvalue weighted by Gasteiger charge is -2.29. The highest BCUT2D eigenvalue weighted by Gasteiger charge is 2.32. The van der Waals surface area contributed by atoms with Crippen molar-refractivity contribution in [2.75, 3.05) is 5.75 Å². The summed E-state index contributed by atoms with van der Waals surface area (Å²) in [6.45, 7) is 0. The van der Waals surface area contributed by atoms with Gasteiger partial charge >= 0.3 is 0 Å². The van der Waals surface area contributed by atoms with Crippen molar-refractivity contribution in [3.8, 4) is 0 Å². The first-order chi connectivity index (χ1) is 10.1. The monoisotopic (exact) mass is 307 g/mol. The third-order valence-corrected chi connectivity index (χ3v) is 6.41. The predicted molar refractivity (Wildman–Crippen MR) is 80.6 cm³/mol. The summed E-state index contributed by atoms with van der Waals surface area (Å²) in [4.78, 5) is 12.8. The summed E-state index contributed by atoms with van der Waals surface area (Å²) < 4.78 is 24.2. The van der Waals surface area contributed by atoms with Gasteiger partial charge in [-0.25, -0.2) is 8.42 Å². The van der Waals surface area contributed by atoms with Gasteiger partial charge < -0.3 is 5.32 Å². The van der Waals surface area contributed by atoms with E-state index in [9.17, 15) is 13.2 Å². The molecular weight excluding hydrogens is 286 g/mol. The van der Waals surface area contributed by atoms with E-state index in [2.05, 4.69) is 5.32 Å². The minimum absolute atomic E-state index is 0.0915. The molecule has 4 nitrogen and oxygen atoms in total. The summed E-state index contributed by atoms with van der Waals surface area (Å²) in [5.74, 6) is 0.304. The Labute approximate surface area is 125 Å². The second-order valence-corrected chi connectivity index (χ2v) is 8.12. The van der Waals surface area contributed by atoms with Crippen LogP contribution in [0.1, 0.15) is 50.1 Å². The van der Waals surface area contributed by atoms with Crippen molar-refractivity contribution in [3.05, 3.63) is 29.8 Å². The van der Waals surface area contributed by atoms with Crippen LogP contribution in [0.15, 0.2) is 29.2 Å². The lowest BCUT2D eigenvalue weighted by molar-refractivity contribution is -0.126. The van der Waals surface area contributed by atoms with Gasteiger partial charge in [0.1, 0.15) is 0 Å². The summed E-state index contributed by atoms with van der Waals surface area (Å²) in [6.07, 6.45) is 5.84. The van der Waals surface area contributed by atoms with E-state index in [0.29, 0.717) is 11.3 Å². The minimum Gasteiger partial charge on any atom is -0.349 e. The fourth-order valence-electron chi connectivity index (χ4n) is 3.39. The molecule has 1 aromatic carbocycles. The topological polar surface area (TPSA) is 63.2 Å². The fourth-order valence-corrected chi connectivity index (χ4v) is 5.02. The zero-order valence-electron chi connectivity index (χ0n) is 12.0. The number of hydrogen-bond donors (Lipinski definition) is 1. The number of hydrogen-bond acceptors (Lipinski definition) is 3. The standard InChI is InChI=1S/C16H21NO3S/c18-16(12-6-2-1-3-7-12)17-14-10-11-21(19,20)15-9-5-4-8-13(14)15/h4-5,8-9,12,14H,1-3,6-7,10-11H2,(H,17,18). The van der Waals surface area contributed by atoms with Crippen molar-refractivity contribution in [1.82, 2.24) is 5.32 Å². The van der Waals surface area contributed by atoms with E-state index in [-0.39, 0.29) is 23.6 Å². The summed E-state index contributed by atoms with van der Waals surface area (Å²) in [5, 5.41) is 3.08. The highest BCUT2D eigenvalue weighted by Crippen LogP contribution is 2.33. The third kappa shape index (κ3) is 2.98. The number of nitrogens with one attached hydrogen (secondary N) is 1. The third-order valence-electron chi connectivity index (χ3n) is 4.60. The molecule has 1 unspecified atom stereocenters. The smallest absolute Gasteiger partial charge is 0.223 e. The number of amides is 1. The molecule has 0 saturated heterocycles. The lowest BCUT2D eigenvalue weighted by Crippen LogP contribution is -2.38. The largest absolute Gasteiger partial charge is 0.349 e. The highest BCUT2D eigenvalue weighted by molar-refractivity contribution is 7.91. The van der Waals surface area contributed by atoms with Gasteiger partial charge in [-0.15, -0.1) is 0 Å². The average molecular weight is 307 g/mol. The molecule has 114 valence electrons. The van der Waals surface area contributed by atoms with Crippen molar-refractivity contribution in [1.29, 1.82) is 0 Å². The van der Waals surface area contributed by atoms with Crippen molar-refractivity contribution in [2.45, 2.75) is 49.5 Å². The molecular formula is C16H21NO3S. The SMILES string of the molecule is O=C(NC1CCS(=O)(=O)c2ccccc21)C1CCCCC1. The molecule has 1 N–H and O–H groups in total. The van der Waals surface area contributed by atoms with Crippen molar-refractivity contribution >= 4 is 15.7 Å². The van der Waals surface area contributed by atoms with E-state index in [1.807, 2.05) is 12.1 Å². The maximum atomic E-state index is 12.4. The van der Waals surface area contributed by atoms with E-state index in [1.165, 1.54) is 6.42 Å². The Kier molecular flexibility index (Phi) is 4.02. The predicted octanol–water partition coefficient (Wildman–Crippen LogP) is 2.60. The molecule has 1 amide bonds. The van der Waals surface area contributed by atoms with Gasteiger partial charge in [0.05, 0.1) is 16.7 Å². The molecule has 2 aliphatic rings. The van der Waals surface area contributed by atoms with Crippen LogP contribution in [-0.4, -0.2) is 20.1 Å². The Hall–Kier alpha value is -1.36. The van der Waals surface area contributed by atoms with Gasteiger partial charge in [0.25, 0.3) is 0 Å². The van der Waals surface area contributed by atoms with Crippen LogP contribution in [0, 0.1) is 5.92 Å². The van der Waals surface area contributed by atoms with Crippen LogP contribution >= 0.6 is 0 Å². The van der Waals surface area contributed by atoms with Crippen LogP contribution in [-0.2, 0) is 14.6 Å². The lowest BCUT2D eigenvalue weighted by atomic mass is 9.88. The molecule has 0 radical (unpaired) electrons. The van der Waals surface area contributed by atoms with Gasteiger partial charge in [-0.3, -0.25) is 4.79 Å². The Balaban J connectivity index is 1.79. The zero-order valence-corrected chi connectivity index (χ0v) is 12.9. The van der Waals surface area contributed by atoms with E-state index in [4.69, 9.17) is 0 Å². The zero-order chi connectivity index (χ0) is 14.9. The first-order valence-corrected chi connectivity index (χ1v) is 9.35. The molecule has 21 heavy (non-hydrogen) atoms. The average Bonchev–Trinajstić information content (AvgIpc) is 2.51. The van der Waals surface area contributed by atoms with Crippen LogP contribution in [0.5, 0.6) is 0 Å². The van der Waals surface area contributed by atoms with E-state index >= 15 is 0 Å². The fraction of sp³-hybridized carbons (Fsp3) is 0.562. The molecule has 5 heteroatoms. The molecule has 3 rings (SSSR count). The summed E-state index contributed by atoms with van der Waals surface area (Å²) in [6, 6.07) is 6.86. The van der Waals surface area contributed by atoms with Crippen LogP contribution in [0.2, 0.25) is 0 Å². The maximum Gasteiger partial charge on any atom is 0.223 e. The molecule has 1 aromatic rings. The molecule has 0 aromatic heterocycles. The minimum atomic E-state index is -3.19. The van der Waals surface area contributed by atoms with Gasteiger partial charge in [-0.1, -0.05) is 37.5 Å². The number of sulfone groups is 1. The summed E-state index contributed by atoms with van der Waals surface area (Å²) in [7, 11) is -3.19. The quantitative estimate of drug-likeness (QED) is 0.913. The number of fused-ring (bicyclic) bond motifs is 1. The van der Waals surface area contributed by atoms with Gasteiger partial charge in [0.2, 0.25) is 5.91 Å². The normalized spacial score (nSPS) is 25.0.